The van der Waals surface area contributed by atoms with Gasteiger partial charge in [-0.25, -0.2) is 4.79 Å². The van der Waals surface area contributed by atoms with E-state index in [1.165, 1.54) is 0 Å². The molecule has 0 N–H and O–H groups in total. The fourth-order valence-electron chi connectivity index (χ4n) is 4.75. The topological polar surface area (TPSA) is 54.0 Å². The van der Waals surface area contributed by atoms with Gasteiger partial charge in [0.2, 0.25) is 0 Å². The third-order valence-electron chi connectivity index (χ3n) is 5.95. The van der Waals surface area contributed by atoms with Crippen LogP contribution in [0, 0.1) is 23.2 Å². The molecular weight excluding hydrogens is 284 g/mol. The molecule has 7 atom stereocenters. The molecule has 0 aromatic rings. The van der Waals surface area contributed by atoms with Crippen molar-refractivity contribution in [2.45, 2.75) is 51.8 Å². The number of fused-ring (bicyclic) bond motifs is 2. The summed E-state index contributed by atoms with van der Waals surface area (Å²) < 4.78 is 22.6. The van der Waals surface area contributed by atoms with Gasteiger partial charge in [0.15, 0.2) is 12.6 Å². The van der Waals surface area contributed by atoms with Crippen molar-refractivity contribution in [2.75, 3.05) is 14.2 Å². The Morgan fingerprint density at radius 1 is 1.27 bits per heavy atom. The van der Waals surface area contributed by atoms with Gasteiger partial charge in [-0.15, -0.1) is 0 Å². The average Bonchev–Trinajstić information content (AvgIpc) is 2.68. The molecule has 124 valence electrons. The Morgan fingerprint density at radius 2 is 2.00 bits per heavy atom. The Bertz CT molecular complexity index is 476. The molecule has 0 unspecified atom stereocenters. The molecule has 2 aliphatic heterocycles. The van der Waals surface area contributed by atoms with E-state index in [0.29, 0.717) is 17.4 Å². The van der Waals surface area contributed by atoms with Gasteiger partial charge in [0.25, 0.3) is 0 Å². The van der Waals surface area contributed by atoms with Crippen molar-refractivity contribution in [1.82, 2.24) is 0 Å². The SMILES string of the molecule is C=C1C(=O)O[C@@H]2C[C@@H](C)[C@H]3C[C@H](OC)O[C@H](OC)[C@]3(C)C[C@@H]12. The summed E-state index contributed by atoms with van der Waals surface area (Å²) in [7, 11) is 3.34. The van der Waals surface area contributed by atoms with Crippen molar-refractivity contribution < 1.29 is 23.7 Å². The maximum absolute atomic E-state index is 11.9. The molecule has 5 heteroatoms. The maximum atomic E-state index is 11.9. The molecule has 1 aliphatic carbocycles. The van der Waals surface area contributed by atoms with Crippen LogP contribution >= 0.6 is 0 Å². The first-order chi connectivity index (χ1) is 10.4. The van der Waals surface area contributed by atoms with Crippen LogP contribution < -0.4 is 0 Å². The molecule has 3 fully saturated rings. The summed E-state index contributed by atoms with van der Waals surface area (Å²) in [4.78, 5) is 11.9. The van der Waals surface area contributed by atoms with Crippen LogP contribution in [-0.2, 0) is 23.7 Å². The zero-order valence-electron chi connectivity index (χ0n) is 13.8. The van der Waals surface area contributed by atoms with E-state index in [4.69, 9.17) is 18.9 Å². The molecule has 22 heavy (non-hydrogen) atoms. The minimum atomic E-state index is -0.346. The van der Waals surface area contributed by atoms with E-state index in [2.05, 4.69) is 20.4 Å². The Hall–Kier alpha value is -0.910. The van der Waals surface area contributed by atoms with Crippen LogP contribution in [0.2, 0.25) is 0 Å². The standard InChI is InChI=1S/C17H26O5/c1-9-6-13-11(10(2)15(18)21-13)8-17(3)12(9)7-14(19-4)22-16(17)20-5/h9,11-14,16H,2,6-8H2,1,3-5H3/t9-,11+,12-,13-,14-,16+,17-/m1/s1. The van der Waals surface area contributed by atoms with Crippen LogP contribution in [-0.4, -0.2) is 38.9 Å². The summed E-state index contributed by atoms with van der Waals surface area (Å²) in [5.41, 5.74) is 0.419. The first-order valence-electron chi connectivity index (χ1n) is 8.01. The second-order valence-corrected chi connectivity index (χ2v) is 7.21. The lowest BCUT2D eigenvalue weighted by Gasteiger charge is -2.50. The molecule has 5 nitrogen and oxygen atoms in total. The Balaban J connectivity index is 1.95. The fourth-order valence-corrected chi connectivity index (χ4v) is 4.75. The molecule has 0 aromatic heterocycles. The molecule has 0 bridgehead atoms. The van der Waals surface area contributed by atoms with Gasteiger partial charge in [-0.1, -0.05) is 20.4 Å². The molecule has 0 aromatic carbocycles. The van der Waals surface area contributed by atoms with Crippen molar-refractivity contribution in [3.63, 3.8) is 0 Å². The predicted molar refractivity (Wildman–Crippen MR) is 79.8 cm³/mol. The van der Waals surface area contributed by atoms with Gasteiger partial charge < -0.3 is 18.9 Å². The van der Waals surface area contributed by atoms with Gasteiger partial charge in [0.05, 0.1) is 0 Å². The summed E-state index contributed by atoms with van der Waals surface area (Å²) in [6.45, 7) is 8.38. The highest BCUT2D eigenvalue weighted by Crippen LogP contribution is 2.55. The zero-order valence-corrected chi connectivity index (χ0v) is 13.8. The third-order valence-corrected chi connectivity index (χ3v) is 5.95. The van der Waals surface area contributed by atoms with Gasteiger partial charge >= 0.3 is 5.97 Å². The van der Waals surface area contributed by atoms with E-state index in [0.717, 1.165) is 19.3 Å². The first-order valence-corrected chi connectivity index (χ1v) is 8.01. The van der Waals surface area contributed by atoms with Crippen LogP contribution in [0.3, 0.4) is 0 Å². The average molecular weight is 310 g/mol. The normalized spacial score (nSPS) is 48.4. The van der Waals surface area contributed by atoms with E-state index >= 15 is 0 Å². The van der Waals surface area contributed by atoms with E-state index in [1.54, 1.807) is 14.2 Å². The monoisotopic (exact) mass is 310 g/mol. The van der Waals surface area contributed by atoms with E-state index in [1.807, 2.05) is 0 Å². The van der Waals surface area contributed by atoms with Crippen molar-refractivity contribution in [3.05, 3.63) is 12.2 Å². The first kappa shape index (κ1) is 16.0. The molecule has 2 heterocycles. The number of hydrogen-bond donors (Lipinski definition) is 0. The largest absolute Gasteiger partial charge is 0.458 e. The highest BCUT2D eigenvalue weighted by atomic mass is 16.8. The Kier molecular flexibility index (Phi) is 4.08. The summed E-state index contributed by atoms with van der Waals surface area (Å²) in [6, 6.07) is 0. The van der Waals surface area contributed by atoms with Gasteiger partial charge in [-0.05, 0) is 24.7 Å². The Labute approximate surface area is 131 Å². The number of esters is 1. The third kappa shape index (κ3) is 2.30. The Morgan fingerprint density at radius 3 is 2.64 bits per heavy atom. The van der Waals surface area contributed by atoms with Crippen LogP contribution in [0.25, 0.3) is 0 Å². The molecule has 3 rings (SSSR count). The van der Waals surface area contributed by atoms with Crippen molar-refractivity contribution in [1.29, 1.82) is 0 Å². The lowest BCUT2D eigenvalue weighted by Crippen LogP contribution is -2.52. The number of rotatable bonds is 2. The molecule has 2 saturated heterocycles. The van der Waals surface area contributed by atoms with Gasteiger partial charge in [0.1, 0.15) is 6.10 Å². The van der Waals surface area contributed by atoms with E-state index < -0.39 is 0 Å². The van der Waals surface area contributed by atoms with Crippen LogP contribution in [0.1, 0.15) is 33.1 Å². The second kappa shape index (κ2) is 5.62. The second-order valence-electron chi connectivity index (χ2n) is 7.21. The van der Waals surface area contributed by atoms with Gasteiger partial charge in [-0.2, -0.15) is 0 Å². The lowest BCUT2D eigenvalue weighted by atomic mass is 9.65. The number of carbonyl (C=O) groups is 1. The van der Waals surface area contributed by atoms with E-state index in [9.17, 15) is 4.79 Å². The molecule has 0 radical (unpaired) electrons. The summed E-state index contributed by atoms with van der Waals surface area (Å²) in [6.07, 6.45) is 1.86. The lowest BCUT2D eigenvalue weighted by molar-refractivity contribution is -0.318. The van der Waals surface area contributed by atoms with Crippen LogP contribution in [0.4, 0.5) is 0 Å². The number of methoxy groups -OCH3 is 2. The number of carbonyl (C=O) groups excluding carboxylic acids is 1. The molecular formula is C17H26O5. The fraction of sp³-hybridized carbons (Fsp3) is 0.824. The summed E-state index contributed by atoms with van der Waals surface area (Å²) in [5.74, 6) is 0.612. The molecule has 0 amide bonds. The molecule has 1 saturated carbocycles. The number of ether oxygens (including phenoxy) is 4. The molecule has 0 spiro atoms. The number of hydrogen-bond acceptors (Lipinski definition) is 5. The van der Waals surface area contributed by atoms with Crippen LogP contribution in [0.15, 0.2) is 12.2 Å². The van der Waals surface area contributed by atoms with E-state index in [-0.39, 0.29) is 36.0 Å². The summed E-state index contributed by atoms with van der Waals surface area (Å²) >= 11 is 0. The van der Waals surface area contributed by atoms with Crippen molar-refractivity contribution >= 4 is 5.97 Å². The maximum Gasteiger partial charge on any atom is 0.334 e. The highest BCUT2D eigenvalue weighted by Gasteiger charge is 2.57. The zero-order chi connectivity index (χ0) is 16.1. The van der Waals surface area contributed by atoms with Crippen LogP contribution in [0.5, 0.6) is 0 Å². The summed E-state index contributed by atoms with van der Waals surface area (Å²) in [5, 5.41) is 0. The van der Waals surface area contributed by atoms with Gasteiger partial charge in [0, 0.05) is 37.5 Å². The van der Waals surface area contributed by atoms with Gasteiger partial charge in [-0.3, -0.25) is 0 Å². The van der Waals surface area contributed by atoms with Crippen molar-refractivity contribution in [2.24, 2.45) is 23.2 Å². The quantitative estimate of drug-likeness (QED) is 0.579. The minimum Gasteiger partial charge on any atom is -0.458 e. The smallest absolute Gasteiger partial charge is 0.334 e. The van der Waals surface area contributed by atoms with Crippen molar-refractivity contribution in [3.8, 4) is 0 Å². The highest BCUT2D eigenvalue weighted by molar-refractivity contribution is 5.90. The predicted octanol–water partition coefficient (Wildman–Crippen LogP) is 2.50. The minimum absolute atomic E-state index is 0.0593. The molecule has 3 aliphatic rings.